The Morgan fingerprint density at radius 2 is 1.83 bits per heavy atom. The van der Waals surface area contributed by atoms with Gasteiger partial charge in [-0.25, -0.2) is 4.98 Å². The standard InChI is InChI=1S/C19H18N2O3/c22-16-11-24-17-15(10-23-18(16)17)21-9-8-20-19(21)14-7-3-5-12-4-1-2-6-13(12)14/h1-9,15-18,22H,10-11H2/t15-,16-,17-,18-/m1/s1. The van der Waals surface area contributed by atoms with Crippen molar-refractivity contribution in [3.05, 3.63) is 54.9 Å². The first-order chi connectivity index (χ1) is 11.8. The Balaban J connectivity index is 1.61. The summed E-state index contributed by atoms with van der Waals surface area (Å²) in [6.07, 6.45) is 2.89. The van der Waals surface area contributed by atoms with Crippen LogP contribution in [-0.2, 0) is 9.47 Å². The van der Waals surface area contributed by atoms with Gasteiger partial charge in [-0.05, 0) is 10.8 Å². The molecule has 1 aromatic heterocycles. The quantitative estimate of drug-likeness (QED) is 0.787. The third-order valence-corrected chi connectivity index (χ3v) is 5.06. The molecule has 2 fully saturated rings. The van der Waals surface area contributed by atoms with E-state index in [1.165, 1.54) is 10.8 Å². The van der Waals surface area contributed by atoms with E-state index in [-0.39, 0.29) is 18.2 Å². The summed E-state index contributed by atoms with van der Waals surface area (Å²) in [5.41, 5.74) is 1.10. The molecule has 1 N–H and O–H groups in total. The molecule has 122 valence electrons. The minimum absolute atomic E-state index is 0.0311. The highest BCUT2D eigenvalue weighted by Gasteiger charge is 2.48. The molecule has 2 aromatic carbocycles. The minimum Gasteiger partial charge on any atom is -0.388 e. The molecule has 0 amide bonds. The number of hydrogen-bond donors (Lipinski definition) is 1. The fourth-order valence-electron chi connectivity index (χ4n) is 3.91. The first-order valence-corrected chi connectivity index (χ1v) is 8.25. The highest BCUT2D eigenvalue weighted by atomic mass is 16.6. The van der Waals surface area contributed by atoms with E-state index in [1.54, 1.807) is 0 Å². The van der Waals surface area contributed by atoms with Crippen molar-refractivity contribution in [1.29, 1.82) is 0 Å². The maximum Gasteiger partial charge on any atom is 0.140 e. The third-order valence-electron chi connectivity index (χ3n) is 5.06. The molecule has 0 unspecified atom stereocenters. The van der Waals surface area contributed by atoms with Crippen LogP contribution in [-0.4, -0.2) is 46.2 Å². The molecule has 0 radical (unpaired) electrons. The Morgan fingerprint density at radius 3 is 2.79 bits per heavy atom. The number of aliphatic hydroxyl groups is 1. The maximum atomic E-state index is 9.97. The summed E-state index contributed by atoms with van der Waals surface area (Å²) in [6, 6.07) is 14.6. The van der Waals surface area contributed by atoms with Crippen LogP contribution in [0, 0.1) is 0 Å². The van der Waals surface area contributed by atoms with Gasteiger partial charge in [0.2, 0.25) is 0 Å². The van der Waals surface area contributed by atoms with E-state index in [2.05, 4.69) is 39.9 Å². The molecule has 0 bridgehead atoms. The predicted molar refractivity (Wildman–Crippen MR) is 89.7 cm³/mol. The van der Waals surface area contributed by atoms with Gasteiger partial charge in [-0.3, -0.25) is 0 Å². The van der Waals surface area contributed by atoms with Crippen LogP contribution in [0.4, 0.5) is 0 Å². The molecular formula is C19H18N2O3. The Hall–Kier alpha value is -2.21. The summed E-state index contributed by atoms with van der Waals surface area (Å²) in [4.78, 5) is 4.60. The molecule has 4 atom stereocenters. The van der Waals surface area contributed by atoms with Gasteiger partial charge in [-0.1, -0.05) is 42.5 Å². The van der Waals surface area contributed by atoms with Crippen molar-refractivity contribution in [3.8, 4) is 11.4 Å². The molecule has 3 heterocycles. The lowest BCUT2D eigenvalue weighted by Crippen LogP contribution is -2.30. The molecule has 24 heavy (non-hydrogen) atoms. The molecular weight excluding hydrogens is 304 g/mol. The number of fused-ring (bicyclic) bond motifs is 2. The average molecular weight is 322 g/mol. The number of benzene rings is 2. The summed E-state index contributed by atoms with van der Waals surface area (Å²) in [6.45, 7) is 0.866. The largest absolute Gasteiger partial charge is 0.388 e. The molecule has 0 saturated carbocycles. The van der Waals surface area contributed by atoms with Gasteiger partial charge in [-0.2, -0.15) is 0 Å². The highest BCUT2D eigenvalue weighted by Crippen LogP contribution is 2.37. The first-order valence-electron chi connectivity index (χ1n) is 8.25. The molecule has 5 rings (SSSR count). The maximum absolute atomic E-state index is 9.97. The number of aliphatic hydroxyl groups excluding tert-OH is 1. The van der Waals surface area contributed by atoms with E-state index in [0.29, 0.717) is 13.2 Å². The summed E-state index contributed by atoms with van der Waals surface area (Å²) in [7, 11) is 0. The van der Waals surface area contributed by atoms with E-state index in [0.717, 1.165) is 11.4 Å². The van der Waals surface area contributed by atoms with Gasteiger partial charge >= 0.3 is 0 Å². The molecule has 0 spiro atoms. The van der Waals surface area contributed by atoms with Gasteiger partial charge in [0.25, 0.3) is 0 Å². The molecule has 3 aromatic rings. The first kappa shape index (κ1) is 14.2. The Labute approximate surface area is 139 Å². The molecule has 2 saturated heterocycles. The Kier molecular flexibility index (Phi) is 3.19. The molecule has 0 aliphatic carbocycles. The van der Waals surface area contributed by atoms with Crippen molar-refractivity contribution in [1.82, 2.24) is 9.55 Å². The normalized spacial score (nSPS) is 29.2. The topological polar surface area (TPSA) is 56.5 Å². The van der Waals surface area contributed by atoms with Crippen LogP contribution in [0.2, 0.25) is 0 Å². The van der Waals surface area contributed by atoms with Crippen molar-refractivity contribution in [2.75, 3.05) is 13.2 Å². The number of rotatable bonds is 2. The number of aromatic nitrogens is 2. The zero-order valence-electron chi connectivity index (χ0n) is 13.1. The van der Waals surface area contributed by atoms with Gasteiger partial charge in [-0.15, -0.1) is 0 Å². The SMILES string of the molecule is O[C@@H]1CO[C@H]2[C@@H]1OC[C@H]2n1ccnc1-c1cccc2ccccc12. The van der Waals surface area contributed by atoms with Crippen molar-refractivity contribution in [2.24, 2.45) is 0 Å². The second kappa shape index (κ2) is 5.41. The second-order valence-electron chi connectivity index (χ2n) is 6.42. The highest BCUT2D eigenvalue weighted by molar-refractivity contribution is 5.95. The van der Waals surface area contributed by atoms with Gasteiger partial charge in [0.15, 0.2) is 0 Å². The van der Waals surface area contributed by atoms with Crippen LogP contribution >= 0.6 is 0 Å². The molecule has 2 aliphatic rings. The van der Waals surface area contributed by atoms with Crippen molar-refractivity contribution in [3.63, 3.8) is 0 Å². The summed E-state index contributed by atoms with van der Waals surface area (Å²) in [5.74, 6) is 0.908. The number of hydrogen-bond acceptors (Lipinski definition) is 4. The summed E-state index contributed by atoms with van der Waals surface area (Å²) in [5, 5.41) is 12.3. The van der Waals surface area contributed by atoms with E-state index in [4.69, 9.17) is 9.47 Å². The summed E-state index contributed by atoms with van der Waals surface area (Å²) < 4.78 is 13.7. The van der Waals surface area contributed by atoms with Gasteiger partial charge in [0.1, 0.15) is 24.1 Å². The fourth-order valence-corrected chi connectivity index (χ4v) is 3.91. The Bertz CT molecular complexity index is 886. The fraction of sp³-hybridized carbons (Fsp3) is 0.316. The number of nitrogens with zero attached hydrogens (tertiary/aromatic N) is 2. The minimum atomic E-state index is -0.537. The molecule has 5 nitrogen and oxygen atoms in total. The van der Waals surface area contributed by atoms with Crippen LogP contribution in [0.25, 0.3) is 22.2 Å². The van der Waals surface area contributed by atoms with E-state index >= 15 is 0 Å². The third kappa shape index (κ3) is 2.02. The lowest BCUT2D eigenvalue weighted by molar-refractivity contribution is 0.0172. The lowest BCUT2D eigenvalue weighted by atomic mass is 10.0. The smallest absolute Gasteiger partial charge is 0.140 e. The van der Waals surface area contributed by atoms with Gasteiger partial charge in [0.05, 0.1) is 19.3 Å². The van der Waals surface area contributed by atoms with Crippen molar-refractivity contribution in [2.45, 2.75) is 24.4 Å². The zero-order valence-corrected chi connectivity index (χ0v) is 13.1. The van der Waals surface area contributed by atoms with E-state index < -0.39 is 6.10 Å². The van der Waals surface area contributed by atoms with E-state index in [9.17, 15) is 5.11 Å². The predicted octanol–water partition coefficient (Wildman–Crippen LogP) is 2.40. The van der Waals surface area contributed by atoms with Crippen LogP contribution in [0.1, 0.15) is 6.04 Å². The average Bonchev–Trinajstić information content (AvgIpc) is 3.32. The zero-order chi connectivity index (χ0) is 16.1. The summed E-state index contributed by atoms with van der Waals surface area (Å²) >= 11 is 0. The lowest BCUT2D eigenvalue weighted by Gasteiger charge is -2.20. The molecule has 2 aliphatic heterocycles. The van der Waals surface area contributed by atoms with Crippen LogP contribution in [0.3, 0.4) is 0 Å². The van der Waals surface area contributed by atoms with E-state index in [1.807, 2.05) is 24.5 Å². The van der Waals surface area contributed by atoms with Gasteiger partial charge < -0.3 is 19.1 Å². The second-order valence-corrected chi connectivity index (χ2v) is 6.42. The molecule has 5 heteroatoms. The van der Waals surface area contributed by atoms with Crippen molar-refractivity contribution >= 4 is 10.8 Å². The number of imidazole rings is 1. The Morgan fingerprint density at radius 1 is 1.00 bits per heavy atom. The van der Waals surface area contributed by atoms with Gasteiger partial charge in [0, 0.05) is 18.0 Å². The monoisotopic (exact) mass is 322 g/mol. The number of ether oxygens (including phenoxy) is 2. The van der Waals surface area contributed by atoms with Crippen LogP contribution in [0.5, 0.6) is 0 Å². The van der Waals surface area contributed by atoms with Crippen LogP contribution in [0.15, 0.2) is 54.9 Å². The van der Waals surface area contributed by atoms with Crippen LogP contribution < -0.4 is 0 Å². The van der Waals surface area contributed by atoms with Crippen molar-refractivity contribution < 1.29 is 14.6 Å².